The van der Waals surface area contributed by atoms with Gasteiger partial charge < -0.3 is 25.4 Å². The van der Waals surface area contributed by atoms with E-state index < -0.39 is 6.04 Å². The molecule has 30 heavy (non-hydrogen) atoms. The van der Waals surface area contributed by atoms with E-state index in [2.05, 4.69) is 22.9 Å². The first-order valence-electron chi connectivity index (χ1n) is 9.98. The minimum absolute atomic E-state index is 0.293. The van der Waals surface area contributed by atoms with Crippen LogP contribution in [0, 0.1) is 0 Å². The quantitative estimate of drug-likeness (QED) is 0.572. The van der Waals surface area contributed by atoms with Gasteiger partial charge >= 0.3 is 6.03 Å². The smallest absolute Gasteiger partial charge is 0.319 e. The Morgan fingerprint density at radius 3 is 2.37 bits per heavy atom. The van der Waals surface area contributed by atoms with Crippen molar-refractivity contribution in [2.24, 2.45) is 0 Å². The normalized spacial score (nSPS) is 15.8. The van der Waals surface area contributed by atoms with E-state index in [0.717, 1.165) is 24.2 Å². The lowest BCUT2D eigenvalue weighted by Crippen LogP contribution is -2.45. The fourth-order valence-electron chi connectivity index (χ4n) is 3.21. The number of hydrogen-bond donors (Lipinski definition) is 3. The number of hydrogen-bond acceptors (Lipinski definition) is 4. The maximum atomic E-state index is 13.0. The number of carbonyl (C=O) groups excluding carboxylic acids is 2. The second-order valence-electron chi connectivity index (χ2n) is 7.02. The van der Waals surface area contributed by atoms with Crippen molar-refractivity contribution in [3.63, 3.8) is 0 Å². The summed E-state index contributed by atoms with van der Waals surface area (Å²) >= 11 is 0. The molecule has 158 valence electrons. The van der Waals surface area contributed by atoms with E-state index in [4.69, 9.17) is 9.47 Å². The van der Waals surface area contributed by atoms with E-state index in [1.165, 1.54) is 0 Å². The summed E-state index contributed by atoms with van der Waals surface area (Å²) in [5.41, 5.74) is 2.39. The van der Waals surface area contributed by atoms with Gasteiger partial charge in [-0.3, -0.25) is 4.79 Å². The van der Waals surface area contributed by atoms with Crippen LogP contribution in [-0.4, -0.2) is 25.7 Å². The molecule has 1 aliphatic heterocycles. The molecule has 0 saturated heterocycles. The third-order valence-corrected chi connectivity index (χ3v) is 4.84. The first-order chi connectivity index (χ1) is 14.5. The van der Waals surface area contributed by atoms with Crippen molar-refractivity contribution >= 4 is 17.6 Å². The van der Waals surface area contributed by atoms with Crippen LogP contribution in [0.5, 0.6) is 11.5 Å². The maximum absolute atomic E-state index is 13.0. The van der Waals surface area contributed by atoms with E-state index in [1.807, 2.05) is 24.3 Å². The SMILES string of the molecule is CCCCOc1ccc(C2NC(=O)NC(C)=C2C(=O)Nc2ccc(OC)cc2)cc1. The topological polar surface area (TPSA) is 88.7 Å². The lowest BCUT2D eigenvalue weighted by Gasteiger charge is -2.28. The van der Waals surface area contributed by atoms with E-state index >= 15 is 0 Å². The van der Waals surface area contributed by atoms with Crippen molar-refractivity contribution in [1.82, 2.24) is 10.6 Å². The highest BCUT2D eigenvalue weighted by atomic mass is 16.5. The van der Waals surface area contributed by atoms with Crippen LogP contribution < -0.4 is 25.4 Å². The Morgan fingerprint density at radius 1 is 1.07 bits per heavy atom. The molecular formula is C23H27N3O4. The van der Waals surface area contributed by atoms with Crippen molar-refractivity contribution in [1.29, 1.82) is 0 Å². The number of anilines is 1. The van der Waals surface area contributed by atoms with Crippen molar-refractivity contribution in [2.45, 2.75) is 32.7 Å². The van der Waals surface area contributed by atoms with E-state index in [0.29, 0.717) is 29.3 Å². The van der Waals surface area contributed by atoms with Gasteiger partial charge in [0.15, 0.2) is 0 Å². The highest BCUT2D eigenvalue weighted by Gasteiger charge is 2.31. The number of nitrogens with one attached hydrogen (secondary N) is 3. The molecule has 0 aliphatic carbocycles. The molecular weight excluding hydrogens is 382 g/mol. The van der Waals surface area contributed by atoms with Crippen LogP contribution in [0.3, 0.4) is 0 Å². The maximum Gasteiger partial charge on any atom is 0.319 e. The number of rotatable bonds is 8. The molecule has 0 aromatic heterocycles. The van der Waals surface area contributed by atoms with E-state index in [9.17, 15) is 9.59 Å². The Morgan fingerprint density at radius 2 is 1.73 bits per heavy atom. The van der Waals surface area contributed by atoms with Gasteiger partial charge in [-0.2, -0.15) is 0 Å². The molecule has 1 heterocycles. The number of allylic oxidation sites excluding steroid dienone is 1. The summed E-state index contributed by atoms with van der Waals surface area (Å²) in [5, 5.41) is 8.41. The summed E-state index contributed by atoms with van der Waals surface area (Å²) in [4.78, 5) is 25.1. The van der Waals surface area contributed by atoms with Gasteiger partial charge in [0.05, 0.1) is 25.3 Å². The summed E-state index contributed by atoms with van der Waals surface area (Å²) in [6.07, 6.45) is 2.06. The predicted octanol–water partition coefficient (Wildman–Crippen LogP) is 4.14. The van der Waals surface area contributed by atoms with Crippen LogP contribution in [0.1, 0.15) is 38.3 Å². The van der Waals surface area contributed by atoms with E-state index in [1.54, 1.807) is 38.3 Å². The molecule has 0 bridgehead atoms. The predicted molar refractivity (Wildman–Crippen MR) is 116 cm³/mol. The molecule has 0 spiro atoms. The first-order valence-corrected chi connectivity index (χ1v) is 9.98. The van der Waals surface area contributed by atoms with Crippen molar-refractivity contribution in [3.05, 3.63) is 65.4 Å². The average molecular weight is 409 g/mol. The molecule has 3 amide bonds. The molecule has 1 unspecified atom stereocenters. The highest BCUT2D eigenvalue weighted by molar-refractivity contribution is 6.06. The minimum Gasteiger partial charge on any atom is -0.497 e. The molecule has 0 fully saturated rings. The molecule has 7 heteroatoms. The van der Waals surface area contributed by atoms with Crippen LogP contribution in [0.2, 0.25) is 0 Å². The monoisotopic (exact) mass is 409 g/mol. The molecule has 7 nitrogen and oxygen atoms in total. The molecule has 0 radical (unpaired) electrons. The van der Waals surface area contributed by atoms with Crippen molar-refractivity contribution < 1.29 is 19.1 Å². The first kappa shape index (κ1) is 21.2. The summed E-state index contributed by atoms with van der Waals surface area (Å²) < 4.78 is 10.8. The number of unbranched alkanes of at least 4 members (excludes halogenated alkanes) is 1. The number of methoxy groups -OCH3 is 1. The summed E-state index contributed by atoms with van der Waals surface area (Å²) in [5.74, 6) is 1.17. The molecule has 2 aromatic rings. The number of benzene rings is 2. The van der Waals surface area contributed by atoms with Crippen LogP contribution in [0.4, 0.5) is 10.5 Å². The number of urea groups is 1. The second-order valence-corrected chi connectivity index (χ2v) is 7.02. The van der Waals surface area contributed by atoms with Crippen LogP contribution in [0.15, 0.2) is 59.8 Å². The molecule has 2 aromatic carbocycles. The van der Waals surface area contributed by atoms with Crippen LogP contribution >= 0.6 is 0 Å². The molecule has 1 aliphatic rings. The van der Waals surface area contributed by atoms with Gasteiger partial charge in [0.25, 0.3) is 5.91 Å². The third kappa shape index (κ3) is 5.11. The summed E-state index contributed by atoms with van der Waals surface area (Å²) in [6, 6.07) is 13.6. The Labute approximate surface area is 176 Å². The zero-order valence-electron chi connectivity index (χ0n) is 17.5. The highest BCUT2D eigenvalue weighted by Crippen LogP contribution is 2.29. The van der Waals surface area contributed by atoms with Gasteiger partial charge in [-0.15, -0.1) is 0 Å². The number of carbonyl (C=O) groups is 2. The minimum atomic E-state index is -0.568. The standard InChI is InChI=1S/C23H27N3O4/c1-4-5-14-30-19-10-6-16(7-11-19)21-20(15(2)24-23(28)26-21)22(27)25-17-8-12-18(29-3)13-9-17/h6-13,21H,4-5,14H2,1-3H3,(H,25,27)(H2,24,26,28). The Kier molecular flexibility index (Phi) is 6.95. The summed E-state index contributed by atoms with van der Waals surface area (Å²) in [6.45, 7) is 4.49. The van der Waals surface area contributed by atoms with Gasteiger partial charge in [-0.05, 0) is 55.3 Å². The van der Waals surface area contributed by atoms with Gasteiger partial charge in [-0.25, -0.2) is 4.79 Å². The second kappa shape index (κ2) is 9.82. The largest absolute Gasteiger partial charge is 0.497 e. The zero-order chi connectivity index (χ0) is 21.5. The van der Waals surface area contributed by atoms with E-state index in [-0.39, 0.29) is 11.9 Å². The van der Waals surface area contributed by atoms with Gasteiger partial charge in [0.2, 0.25) is 0 Å². The zero-order valence-corrected chi connectivity index (χ0v) is 17.5. The third-order valence-electron chi connectivity index (χ3n) is 4.84. The van der Waals surface area contributed by atoms with Crippen molar-refractivity contribution in [2.75, 3.05) is 19.0 Å². The van der Waals surface area contributed by atoms with Crippen molar-refractivity contribution in [3.8, 4) is 11.5 Å². The molecule has 1 atom stereocenters. The Balaban J connectivity index is 1.80. The summed E-state index contributed by atoms with van der Waals surface area (Å²) in [7, 11) is 1.59. The fraction of sp³-hybridized carbons (Fsp3) is 0.304. The fourth-order valence-corrected chi connectivity index (χ4v) is 3.21. The van der Waals surface area contributed by atoms with Crippen LogP contribution in [0.25, 0.3) is 0 Å². The Bertz CT molecular complexity index is 920. The van der Waals surface area contributed by atoms with Gasteiger partial charge in [0.1, 0.15) is 11.5 Å². The van der Waals surface area contributed by atoms with Gasteiger partial charge in [-0.1, -0.05) is 25.5 Å². The lowest BCUT2D eigenvalue weighted by molar-refractivity contribution is -0.113. The van der Waals surface area contributed by atoms with Crippen LogP contribution in [-0.2, 0) is 4.79 Å². The average Bonchev–Trinajstić information content (AvgIpc) is 2.74. The van der Waals surface area contributed by atoms with Gasteiger partial charge in [0, 0.05) is 11.4 Å². The number of ether oxygens (including phenoxy) is 2. The lowest BCUT2D eigenvalue weighted by atomic mass is 9.94. The molecule has 3 N–H and O–H groups in total. The molecule has 0 saturated carbocycles. The Hall–Kier alpha value is -3.48. The molecule has 3 rings (SSSR count). The number of amides is 3.